The van der Waals surface area contributed by atoms with E-state index in [-0.39, 0.29) is 24.7 Å². The van der Waals surface area contributed by atoms with E-state index < -0.39 is 11.2 Å². The van der Waals surface area contributed by atoms with Crippen LogP contribution in [0.25, 0.3) is 0 Å². The number of carbonyl (C=O) groups excluding carboxylic acids is 2. The molecule has 0 aromatic heterocycles. The molecule has 3 nitrogen and oxygen atoms in total. The lowest BCUT2D eigenvalue weighted by molar-refractivity contribution is -0.135. The van der Waals surface area contributed by atoms with E-state index in [1.165, 1.54) is 0 Å². The molecule has 1 aromatic rings. The topological polar surface area (TPSA) is 43.4 Å². The molecule has 0 fully saturated rings. The molecule has 0 aliphatic rings. The number of ether oxygens (including phenoxy) is 1. The molecule has 1 aromatic carbocycles. The van der Waals surface area contributed by atoms with Gasteiger partial charge in [0.05, 0.1) is 6.42 Å². The van der Waals surface area contributed by atoms with Crippen LogP contribution in [0.4, 0.5) is 0 Å². The molecule has 110 valence electrons. The quantitative estimate of drug-likeness (QED) is 0.444. The zero-order chi connectivity index (χ0) is 15.3. The van der Waals surface area contributed by atoms with Crippen molar-refractivity contribution in [3.8, 4) is 5.75 Å². The van der Waals surface area contributed by atoms with E-state index in [2.05, 4.69) is 27.7 Å². The molecule has 4 heteroatoms. The summed E-state index contributed by atoms with van der Waals surface area (Å²) in [5.41, 5.74) is 2.00. The van der Waals surface area contributed by atoms with Crippen molar-refractivity contribution in [2.45, 2.75) is 52.4 Å². The van der Waals surface area contributed by atoms with E-state index in [0.29, 0.717) is 5.75 Å². The second-order valence-corrected chi connectivity index (χ2v) is 5.83. The lowest BCUT2D eigenvalue weighted by Gasteiger charge is -2.18. The lowest BCUT2D eigenvalue weighted by atomic mass is 9.94. The number of esters is 1. The van der Waals surface area contributed by atoms with Crippen LogP contribution in [0.2, 0.25) is 0 Å². The van der Waals surface area contributed by atoms with Gasteiger partial charge < -0.3 is 4.74 Å². The highest BCUT2D eigenvalue weighted by Gasteiger charge is 2.18. The zero-order valence-corrected chi connectivity index (χ0v) is 13.2. The molecule has 0 saturated heterocycles. The summed E-state index contributed by atoms with van der Waals surface area (Å²) in [5.74, 6) is 0.718. The normalized spacial score (nSPS) is 10.9. The molecule has 0 unspecified atom stereocenters. The van der Waals surface area contributed by atoms with Crippen LogP contribution in [0.3, 0.4) is 0 Å². The first-order valence-corrected chi connectivity index (χ1v) is 7.22. The van der Waals surface area contributed by atoms with Gasteiger partial charge in [-0.15, -0.1) is 0 Å². The van der Waals surface area contributed by atoms with Gasteiger partial charge in [0.25, 0.3) is 0 Å². The van der Waals surface area contributed by atoms with Gasteiger partial charge in [-0.2, -0.15) is 0 Å². The van der Waals surface area contributed by atoms with Crippen molar-refractivity contribution in [2.24, 2.45) is 0 Å². The standard InChI is InChI=1S/C16H21ClO3/c1-10(2)12-6-5-7-13(11(3)4)16(12)20-15(19)9-8-14(17)18/h5-7,10-11H,8-9H2,1-4H3. The third-order valence-corrected chi connectivity index (χ3v) is 3.25. The van der Waals surface area contributed by atoms with Crippen LogP contribution in [0.5, 0.6) is 5.75 Å². The third-order valence-electron chi connectivity index (χ3n) is 3.06. The van der Waals surface area contributed by atoms with Gasteiger partial charge in [0, 0.05) is 6.42 Å². The molecular formula is C16H21ClO3. The number of benzene rings is 1. The summed E-state index contributed by atoms with van der Waals surface area (Å²) >= 11 is 5.24. The van der Waals surface area contributed by atoms with E-state index in [0.717, 1.165) is 11.1 Å². The van der Waals surface area contributed by atoms with E-state index in [9.17, 15) is 9.59 Å². The fourth-order valence-corrected chi connectivity index (χ4v) is 2.06. The van der Waals surface area contributed by atoms with E-state index in [1.54, 1.807) is 0 Å². The molecule has 1 rings (SSSR count). The molecule has 0 N–H and O–H groups in total. The Labute approximate surface area is 125 Å². The fourth-order valence-electron chi connectivity index (χ4n) is 1.97. The summed E-state index contributed by atoms with van der Waals surface area (Å²) in [6.45, 7) is 8.22. The number of halogens is 1. The Morgan fingerprint density at radius 1 is 1.05 bits per heavy atom. The smallest absolute Gasteiger partial charge is 0.311 e. The predicted molar refractivity (Wildman–Crippen MR) is 80.3 cm³/mol. The highest BCUT2D eigenvalue weighted by molar-refractivity contribution is 6.63. The summed E-state index contributed by atoms with van der Waals surface area (Å²) in [4.78, 5) is 22.5. The van der Waals surface area contributed by atoms with Gasteiger partial charge in [-0.25, -0.2) is 0 Å². The maximum Gasteiger partial charge on any atom is 0.311 e. The minimum atomic E-state index is -0.525. The van der Waals surface area contributed by atoms with Crippen molar-refractivity contribution in [3.05, 3.63) is 29.3 Å². The highest BCUT2D eigenvalue weighted by Crippen LogP contribution is 2.34. The van der Waals surface area contributed by atoms with Crippen LogP contribution in [0.1, 0.15) is 63.5 Å². The Morgan fingerprint density at radius 3 is 1.95 bits per heavy atom. The molecule has 0 radical (unpaired) electrons. The van der Waals surface area contributed by atoms with Gasteiger partial charge in [-0.1, -0.05) is 45.9 Å². The first-order chi connectivity index (χ1) is 9.32. The summed E-state index contributed by atoms with van der Waals surface area (Å²) in [7, 11) is 0. The molecule has 0 atom stereocenters. The Bertz CT molecular complexity index is 466. The summed E-state index contributed by atoms with van der Waals surface area (Å²) in [5, 5.41) is -0.525. The van der Waals surface area contributed by atoms with Crippen molar-refractivity contribution in [1.82, 2.24) is 0 Å². The minimum Gasteiger partial charge on any atom is -0.426 e. The lowest BCUT2D eigenvalue weighted by Crippen LogP contribution is -2.12. The molecule has 0 saturated carbocycles. The van der Waals surface area contributed by atoms with Gasteiger partial charge in [0.2, 0.25) is 5.24 Å². The van der Waals surface area contributed by atoms with Crippen molar-refractivity contribution < 1.29 is 14.3 Å². The number of carbonyl (C=O) groups is 2. The van der Waals surface area contributed by atoms with E-state index in [1.807, 2.05) is 18.2 Å². The van der Waals surface area contributed by atoms with Gasteiger partial charge >= 0.3 is 5.97 Å². The largest absolute Gasteiger partial charge is 0.426 e. The van der Waals surface area contributed by atoms with Crippen molar-refractivity contribution >= 4 is 22.8 Å². The van der Waals surface area contributed by atoms with Gasteiger partial charge in [0.15, 0.2) is 0 Å². The first-order valence-electron chi connectivity index (χ1n) is 6.84. The number of para-hydroxylation sites is 1. The Kier molecular flexibility index (Phi) is 6.21. The Morgan fingerprint density at radius 2 is 1.55 bits per heavy atom. The Balaban J connectivity index is 3.01. The number of hydrogen-bond donors (Lipinski definition) is 0. The molecule has 0 bridgehead atoms. The molecular weight excluding hydrogens is 276 g/mol. The van der Waals surface area contributed by atoms with Crippen LogP contribution in [0, 0.1) is 0 Å². The molecule has 0 heterocycles. The minimum absolute atomic E-state index is 0.00124. The summed E-state index contributed by atoms with van der Waals surface area (Å²) < 4.78 is 5.50. The van der Waals surface area contributed by atoms with Crippen molar-refractivity contribution in [1.29, 1.82) is 0 Å². The van der Waals surface area contributed by atoms with E-state index in [4.69, 9.17) is 16.3 Å². The molecule has 0 amide bonds. The average molecular weight is 297 g/mol. The van der Waals surface area contributed by atoms with Crippen LogP contribution in [-0.4, -0.2) is 11.2 Å². The SMILES string of the molecule is CC(C)c1cccc(C(C)C)c1OC(=O)CCC(=O)Cl. The van der Waals surface area contributed by atoms with Crippen LogP contribution in [-0.2, 0) is 9.59 Å². The van der Waals surface area contributed by atoms with Gasteiger partial charge in [-0.05, 0) is 34.6 Å². The number of hydrogen-bond acceptors (Lipinski definition) is 3. The van der Waals surface area contributed by atoms with Crippen molar-refractivity contribution in [2.75, 3.05) is 0 Å². The zero-order valence-electron chi connectivity index (χ0n) is 12.4. The Hall–Kier alpha value is -1.35. The average Bonchev–Trinajstić information content (AvgIpc) is 2.36. The monoisotopic (exact) mass is 296 g/mol. The van der Waals surface area contributed by atoms with E-state index >= 15 is 0 Å². The van der Waals surface area contributed by atoms with Gasteiger partial charge in [0.1, 0.15) is 5.75 Å². The van der Waals surface area contributed by atoms with Crippen LogP contribution < -0.4 is 4.74 Å². The summed E-state index contributed by atoms with van der Waals surface area (Å²) in [6, 6.07) is 5.90. The van der Waals surface area contributed by atoms with Crippen LogP contribution >= 0.6 is 11.6 Å². The second kappa shape index (κ2) is 7.44. The first kappa shape index (κ1) is 16.7. The third kappa shape index (κ3) is 4.64. The fraction of sp³-hybridized carbons (Fsp3) is 0.500. The second-order valence-electron chi connectivity index (χ2n) is 5.40. The maximum absolute atomic E-state index is 11.8. The van der Waals surface area contributed by atoms with Gasteiger partial charge in [-0.3, -0.25) is 9.59 Å². The molecule has 20 heavy (non-hydrogen) atoms. The molecule has 0 aliphatic heterocycles. The van der Waals surface area contributed by atoms with Crippen molar-refractivity contribution in [3.63, 3.8) is 0 Å². The highest BCUT2D eigenvalue weighted by atomic mass is 35.5. The number of rotatable bonds is 6. The predicted octanol–water partition coefficient (Wildman–Crippen LogP) is 4.38. The van der Waals surface area contributed by atoms with Crippen LogP contribution in [0.15, 0.2) is 18.2 Å². The molecule has 0 aliphatic carbocycles. The maximum atomic E-state index is 11.8. The molecule has 0 spiro atoms. The summed E-state index contributed by atoms with van der Waals surface area (Å²) in [6.07, 6.45) is 0.00748.